The van der Waals surface area contributed by atoms with E-state index in [-0.39, 0.29) is 11.4 Å². The largest absolute Gasteiger partial charge is 0.507 e. The molecule has 0 aliphatic carbocycles. The van der Waals surface area contributed by atoms with Gasteiger partial charge in [0.05, 0.1) is 5.56 Å². The van der Waals surface area contributed by atoms with Crippen molar-refractivity contribution >= 4 is 17.5 Å². The molecular formula is C15H11FO5. The van der Waals surface area contributed by atoms with Crippen molar-refractivity contribution in [3.8, 4) is 0 Å². The van der Waals surface area contributed by atoms with Crippen molar-refractivity contribution in [3.63, 3.8) is 0 Å². The van der Waals surface area contributed by atoms with Gasteiger partial charge in [0.25, 0.3) is 5.78 Å². The molecule has 1 aromatic carbocycles. The van der Waals surface area contributed by atoms with Gasteiger partial charge in [0.1, 0.15) is 23.6 Å². The Hall–Kier alpha value is -2.89. The SMILES string of the molecule is O=C(O)C(=O)/C=C(\O)c1coc(Cc2ccc(F)cc2)c1. The maximum Gasteiger partial charge on any atom is 0.376 e. The lowest BCUT2D eigenvalue weighted by Crippen LogP contribution is -2.09. The van der Waals surface area contributed by atoms with Crippen LogP contribution in [-0.4, -0.2) is 22.0 Å². The second kappa shape index (κ2) is 6.04. The van der Waals surface area contributed by atoms with E-state index in [4.69, 9.17) is 9.52 Å². The summed E-state index contributed by atoms with van der Waals surface area (Å²) in [6, 6.07) is 7.32. The second-order valence-corrected chi connectivity index (χ2v) is 4.30. The molecule has 2 N–H and O–H groups in total. The van der Waals surface area contributed by atoms with E-state index in [2.05, 4.69) is 0 Å². The Labute approximate surface area is 118 Å². The summed E-state index contributed by atoms with van der Waals surface area (Å²) >= 11 is 0. The number of hydrogen-bond donors (Lipinski definition) is 2. The molecule has 0 saturated heterocycles. The predicted octanol–water partition coefficient (Wildman–Crippen LogP) is 2.56. The third-order valence-electron chi connectivity index (χ3n) is 2.72. The second-order valence-electron chi connectivity index (χ2n) is 4.30. The van der Waals surface area contributed by atoms with Gasteiger partial charge in [-0.1, -0.05) is 12.1 Å². The van der Waals surface area contributed by atoms with E-state index in [1.165, 1.54) is 24.5 Å². The maximum absolute atomic E-state index is 12.8. The maximum atomic E-state index is 12.8. The Bertz CT molecular complexity index is 697. The highest BCUT2D eigenvalue weighted by atomic mass is 19.1. The number of carboxylic acids is 1. The minimum Gasteiger partial charge on any atom is -0.507 e. The topological polar surface area (TPSA) is 87.7 Å². The molecule has 108 valence electrons. The predicted molar refractivity (Wildman–Crippen MR) is 71.2 cm³/mol. The summed E-state index contributed by atoms with van der Waals surface area (Å²) in [5.74, 6) is -3.23. The zero-order valence-corrected chi connectivity index (χ0v) is 10.7. The van der Waals surface area contributed by atoms with E-state index in [9.17, 15) is 19.1 Å². The fourth-order valence-corrected chi connectivity index (χ4v) is 1.68. The molecular weight excluding hydrogens is 279 g/mol. The standard InChI is InChI=1S/C15H11FO5/c16-11-3-1-9(2-4-11)5-12-6-10(8-21-12)13(17)7-14(18)15(19)20/h1-4,6-8,17H,5H2,(H,19,20)/b13-7-. The number of carbonyl (C=O) groups is 2. The molecule has 0 spiro atoms. The molecule has 0 aliphatic heterocycles. The molecule has 0 amide bonds. The molecule has 0 bridgehead atoms. The lowest BCUT2D eigenvalue weighted by Gasteiger charge is -1.97. The fourth-order valence-electron chi connectivity index (χ4n) is 1.68. The minimum absolute atomic E-state index is 0.196. The molecule has 2 aromatic rings. The van der Waals surface area contributed by atoms with Crippen LogP contribution in [0.2, 0.25) is 0 Å². The first-order valence-electron chi connectivity index (χ1n) is 5.96. The number of hydrogen-bond acceptors (Lipinski definition) is 4. The van der Waals surface area contributed by atoms with Gasteiger partial charge in [0.2, 0.25) is 0 Å². The molecule has 6 heteroatoms. The summed E-state index contributed by atoms with van der Waals surface area (Å²) in [6.45, 7) is 0. The Morgan fingerprint density at radius 1 is 1.19 bits per heavy atom. The number of aliphatic hydroxyl groups excluding tert-OH is 1. The van der Waals surface area contributed by atoms with Crippen LogP contribution >= 0.6 is 0 Å². The van der Waals surface area contributed by atoms with Crippen LogP contribution in [0.1, 0.15) is 16.9 Å². The molecule has 0 atom stereocenters. The first-order chi connectivity index (χ1) is 9.95. The first kappa shape index (κ1) is 14.5. The quantitative estimate of drug-likeness (QED) is 0.502. The van der Waals surface area contributed by atoms with Crippen LogP contribution in [0.5, 0.6) is 0 Å². The summed E-state index contributed by atoms with van der Waals surface area (Å²) in [7, 11) is 0. The Morgan fingerprint density at radius 2 is 1.86 bits per heavy atom. The molecule has 0 saturated carbocycles. The van der Waals surface area contributed by atoms with Gasteiger partial charge in [-0.3, -0.25) is 4.79 Å². The lowest BCUT2D eigenvalue weighted by atomic mass is 10.1. The monoisotopic (exact) mass is 290 g/mol. The zero-order chi connectivity index (χ0) is 15.4. The van der Waals surface area contributed by atoms with Gasteiger partial charge in [0, 0.05) is 12.5 Å². The highest BCUT2D eigenvalue weighted by molar-refractivity contribution is 6.38. The molecule has 2 rings (SSSR count). The van der Waals surface area contributed by atoms with Crippen LogP contribution in [0.25, 0.3) is 5.76 Å². The van der Waals surface area contributed by atoms with Crippen molar-refractivity contribution in [1.82, 2.24) is 0 Å². The Morgan fingerprint density at radius 3 is 2.48 bits per heavy atom. The van der Waals surface area contributed by atoms with Crippen molar-refractivity contribution in [1.29, 1.82) is 0 Å². The highest BCUT2D eigenvalue weighted by Gasteiger charge is 2.12. The van der Waals surface area contributed by atoms with Gasteiger partial charge in [-0.05, 0) is 23.8 Å². The number of aliphatic hydroxyl groups is 1. The van der Waals surface area contributed by atoms with E-state index in [1.807, 2.05) is 0 Å². The van der Waals surface area contributed by atoms with Gasteiger partial charge in [-0.15, -0.1) is 0 Å². The molecule has 21 heavy (non-hydrogen) atoms. The summed E-state index contributed by atoms with van der Waals surface area (Å²) < 4.78 is 18.0. The van der Waals surface area contributed by atoms with E-state index < -0.39 is 17.5 Å². The van der Waals surface area contributed by atoms with Crippen LogP contribution in [0.15, 0.2) is 47.1 Å². The molecule has 0 fully saturated rings. The van der Waals surface area contributed by atoms with E-state index in [0.717, 1.165) is 5.56 Å². The fraction of sp³-hybridized carbons (Fsp3) is 0.0667. The lowest BCUT2D eigenvalue weighted by molar-refractivity contribution is -0.146. The van der Waals surface area contributed by atoms with Gasteiger partial charge in [-0.2, -0.15) is 0 Å². The number of carboxylic acid groups (broad SMARTS) is 1. The third kappa shape index (κ3) is 3.79. The van der Waals surface area contributed by atoms with Gasteiger partial charge >= 0.3 is 5.97 Å². The van der Waals surface area contributed by atoms with E-state index in [1.54, 1.807) is 12.1 Å². The van der Waals surface area contributed by atoms with Crippen molar-refractivity contribution in [3.05, 3.63) is 65.4 Å². The normalized spacial score (nSPS) is 11.4. The van der Waals surface area contributed by atoms with Gasteiger partial charge in [0.15, 0.2) is 0 Å². The number of halogens is 1. The Kier molecular flexibility index (Phi) is 4.18. The number of ketones is 1. The average molecular weight is 290 g/mol. The Balaban J connectivity index is 2.12. The number of carbonyl (C=O) groups excluding carboxylic acids is 1. The van der Waals surface area contributed by atoms with Crippen molar-refractivity contribution in [2.75, 3.05) is 0 Å². The van der Waals surface area contributed by atoms with Gasteiger partial charge < -0.3 is 14.6 Å². The smallest absolute Gasteiger partial charge is 0.376 e. The molecule has 1 aromatic heterocycles. The molecule has 0 aliphatic rings. The van der Waals surface area contributed by atoms with Crippen molar-refractivity contribution in [2.45, 2.75) is 6.42 Å². The summed E-state index contributed by atoms with van der Waals surface area (Å²) in [6.07, 6.45) is 2.19. The first-order valence-corrected chi connectivity index (χ1v) is 5.96. The van der Waals surface area contributed by atoms with Crippen LogP contribution in [0.3, 0.4) is 0 Å². The van der Waals surface area contributed by atoms with Crippen LogP contribution < -0.4 is 0 Å². The number of rotatable bonds is 5. The third-order valence-corrected chi connectivity index (χ3v) is 2.72. The van der Waals surface area contributed by atoms with Crippen molar-refractivity contribution < 1.29 is 28.6 Å². The van der Waals surface area contributed by atoms with E-state index >= 15 is 0 Å². The van der Waals surface area contributed by atoms with Crippen LogP contribution in [0.4, 0.5) is 4.39 Å². The number of furan rings is 1. The zero-order valence-electron chi connectivity index (χ0n) is 10.7. The molecule has 1 heterocycles. The van der Waals surface area contributed by atoms with E-state index in [0.29, 0.717) is 18.3 Å². The summed E-state index contributed by atoms with van der Waals surface area (Å²) in [4.78, 5) is 21.3. The van der Waals surface area contributed by atoms with Crippen LogP contribution in [-0.2, 0) is 16.0 Å². The molecule has 5 nitrogen and oxygen atoms in total. The average Bonchev–Trinajstić information content (AvgIpc) is 2.90. The minimum atomic E-state index is -1.66. The molecule has 0 radical (unpaired) electrons. The molecule has 0 unspecified atom stereocenters. The summed E-state index contributed by atoms with van der Waals surface area (Å²) in [5, 5.41) is 18.1. The van der Waals surface area contributed by atoms with Gasteiger partial charge in [-0.25, -0.2) is 9.18 Å². The van der Waals surface area contributed by atoms with Crippen LogP contribution in [0, 0.1) is 5.82 Å². The number of benzene rings is 1. The number of aliphatic carboxylic acids is 1. The van der Waals surface area contributed by atoms with Crippen molar-refractivity contribution in [2.24, 2.45) is 0 Å². The summed E-state index contributed by atoms with van der Waals surface area (Å²) in [5.41, 5.74) is 1.00. The highest BCUT2D eigenvalue weighted by Crippen LogP contribution is 2.18.